The van der Waals surface area contributed by atoms with Gasteiger partial charge in [-0.25, -0.2) is 12.8 Å². The van der Waals surface area contributed by atoms with Gasteiger partial charge in [0.2, 0.25) is 10.0 Å². The molecule has 0 aromatic heterocycles. The van der Waals surface area contributed by atoms with Crippen molar-refractivity contribution in [1.82, 2.24) is 9.21 Å². The maximum atomic E-state index is 13.9. The molecule has 0 atom stereocenters. The van der Waals surface area contributed by atoms with Gasteiger partial charge in [-0.15, -0.1) is 0 Å². The minimum absolute atomic E-state index is 0.00504. The fraction of sp³-hybridized carbons (Fsp3) is 0.600. The molecule has 1 aromatic rings. The standard InChI is InChI=1S/C15H23FN2O2S/c1-17(2)11-12-18(13-7-3-4-8-13)21(19,20)15-10-6-5-9-14(15)16/h5-6,9-10,13H,3-4,7-8,11-12H2,1-2H3. The highest BCUT2D eigenvalue weighted by Crippen LogP contribution is 2.29. The Bertz CT molecular complexity index is 569. The van der Waals surface area contributed by atoms with Crippen LogP contribution in [0.15, 0.2) is 29.2 Å². The summed E-state index contributed by atoms with van der Waals surface area (Å²) in [5, 5.41) is 0. The summed E-state index contributed by atoms with van der Waals surface area (Å²) < 4.78 is 41.1. The van der Waals surface area contributed by atoms with E-state index in [1.54, 1.807) is 6.07 Å². The third kappa shape index (κ3) is 3.81. The molecule has 4 nitrogen and oxygen atoms in total. The third-order valence-corrected chi connectivity index (χ3v) is 5.91. The zero-order chi connectivity index (χ0) is 15.5. The molecule has 0 radical (unpaired) electrons. The van der Waals surface area contributed by atoms with Gasteiger partial charge in [0, 0.05) is 19.1 Å². The van der Waals surface area contributed by atoms with E-state index in [-0.39, 0.29) is 10.9 Å². The summed E-state index contributed by atoms with van der Waals surface area (Å²) in [6.07, 6.45) is 3.80. The summed E-state index contributed by atoms with van der Waals surface area (Å²) in [5.74, 6) is -0.676. The first kappa shape index (κ1) is 16.4. The first-order valence-corrected chi connectivity index (χ1v) is 8.78. The van der Waals surface area contributed by atoms with Crippen molar-refractivity contribution in [3.05, 3.63) is 30.1 Å². The summed E-state index contributed by atoms with van der Waals surface area (Å²) in [4.78, 5) is 1.73. The Morgan fingerprint density at radius 3 is 2.33 bits per heavy atom. The van der Waals surface area contributed by atoms with E-state index < -0.39 is 15.8 Å². The van der Waals surface area contributed by atoms with Gasteiger partial charge in [0.1, 0.15) is 10.7 Å². The van der Waals surface area contributed by atoms with Gasteiger partial charge in [-0.3, -0.25) is 0 Å². The summed E-state index contributed by atoms with van der Waals surface area (Å²) in [7, 11) is 0.0314. The van der Waals surface area contributed by atoms with Crippen LogP contribution in [0.4, 0.5) is 4.39 Å². The molecule has 2 rings (SSSR count). The second-order valence-electron chi connectivity index (χ2n) is 5.79. The van der Waals surface area contributed by atoms with Gasteiger partial charge in [0.25, 0.3) is 0 Å². The number of nitrogens with zero attached hydrogens (tertiary/aromatic N) is 2. The van der Waals surface area contributed by atoms with Gasteiger partial charge in [-0.1, -0.05) is 25.0 Å². The highest BCUT2D eigenvalue weighted by molar-refractivity contribution is 7.89. The molecule has 1 fully saturated rings. The predicted octanol–water partition coefficient (Wildman–Crippen LogP) is 2.32. The summed E-state index contributed by atoms with van der Waals surface area (Å²) in [6.45, 7) is 1.03. The highest BCUT2D eigenvalue weighted by Gasteiger charge is 2.34. The van der Waals surface area contributed by atoms with E-state index in [1.807, 2.05) is 19.0 Å². The zero-order valence-electron chi connectivity index (χ0n) is 12.6. The molecule has 0 heterocycles. The number of rotatable bonds is 6. The van der Waals surface area contributed by atoms with Gasteiger partial charge in [0.05, 0.1) is 0 Å². The van der Waals surface area contributed by atoms with Crippen molar-refractivity contribution < 1.29 is 12.8 Å². The number of likely N-dealkylation sites (N-methyl/N-ethyl adjacent to an activating group) is 1. The molecule has 0 bridgehead atoms. The molecule has 6 heteroatoms. The molecule has 0 N–H and O–H groups in total. The van der Waals surface area contributed by atoms with Gasteiger partial charge in [0.15, 0.2) is 0 Å². The smallest absolute Gasteiger partial charge is 0.246 e. The Labute approximate surface area is 126 Å². The molecule has 0 aliphatic heterocycles. The average Bonchev–Trinajstić information content (AvgIpc) is 2.92. The first-order chi connectivity index (χ1) is 9.93. The van der Waals surface area contributed by atoms with Crippen LogP contribution in [0.2, 0.25) is 0 Å². The quantitative estimate of drug-likeness (QED) is 0.809. The van der Waals surface area contributed by atoms with Crippen LogP contribution >= 0.6 is 0 Å². The fourth-order valence-electron chi connectivity index (χ4n) is 2.77. The predicted molar refractivity (Wildman–Crippen MR) is 81.1 cm³/mol. The molecule has 0 amide bonds. The topological polar surface area (TPSA) is 40.6 Å². The van der Waals surface area contributed by atoms with Crippen LogP contribution in [-0.4, -0.2) is 50.8 Å². The largest absolute Gasteiger partial charge is 0.308 e. The Balaban J connectivity index is 2.32. The van der Waals surface area contributed by atoms with E-state index in [0.29, 0.717) is 13.1 Å². The minimum atomic E-state index is -3.78. The number of halogens is 1. The van der Waals surface area contributed by atoms with Crippen molar-refractivity contribution in [2.45, 2.75) is 36.6 Å². The monoisotopic (exact) mass is 314 g/mol. The van der Waals surface area contributed by atoms with Crippen LogP contribution in [0, 0.1) is 5.82 Å². The lowest BCUT2D eigenvalue weighted by molar-refractivity contribution is 0.281. The van der Waals surface area contributed by atoms with E-state index in [1.165, 1.54) is 22.5 Å². The highest BCUT2D eigenvalue weighted by atomic mass is 32.2. The second kappa shape index (κ2) is 6.85. The molecule has 1 aliphatic carbocycles. The normalized spacial score (nSPS) is 17.0. The maximum Gasteiger partial charge on any atom is 0.246 e. The van der Waals surface area contributed by atoms with Crippen LogP contribution in [-0.2, 0) is 10.0 Å². The zero-order valence-corrected chi connectivity index (χ0v) is 13.4. The summed E-state index contributed by atoms with van der Waals surface area (Å²) in [5.41, 5.74) is 0. The molecule has 0 spiro atoms. The Hall–Kier alpha value is -0.980. The SMILES string of the molecule is CN(C)CCN(C1CCCC1)S(=O)(=O)c1ccccc1F. The van der Waals surface area contributed by atoms with Crippen LogP contribution in [0.1, 0.15) is 25.7 Å². The van der Waals surface area contributed by atoms with Crippen molar-refractivity contribution >= 4 is 10.0 Å². The molecular formula is C15H23FN2O2S. The number of hydrogen-bond donors (Lipinski definition) is 0. The lowest BCUT2D eigenvalue weighted by Crippen LogP contribution is -2.42. The number of benzene rings is 1. The molecule has 0 unspecified atom stereocenters. The maximum absolute atomic E-state index is 13.9. The lowest BCUT2D eigenvalue weighted by atomic mass is 10.2. The summed E-state index contributed by atoms with van der Waals surface area (Å²) >= 11 is 0. The van der Waals surface area contributed by atoms with Crippen LogP contribution in [0.5, 0.6) is 0 Å². The van der Waals surface area contributed by atoms with Gasteiger partial charge in [-0.05, 0) is 39.1 Å². The number of sulfonamides is 1. The number of hydrogen-bond acceptors (Lipinski definition) is 3. The van der Waals surface area contributed by atoms with E-state index in [4.69, 9.17) is 0 Å². The molecular weight excluding hydrogens is 291 g/mol. The van der Waals surface area contributed by atoms with Crippen molar-refractivity contribution in [2.75, 3.05) is 27.2 Å². The third-order valence-electron chi connectivity index (χ3n) is 3.92. The van der Waals surface area contributed by atoms with Crippen molar-refractivity contribution in [3.8, 4) is 0 Å². The molecule has 0 saturated heterocycles. The van der Waals surface area contributed by atoms with Crippen LogP contribution in [0.3, 0.4) is 0 Å². The van der Waals surface area contributed by atoms with Crippen LogP contribution < -0.4 is 0 Å². The molecule has 1 aromatic carbocycles. The van der Waals surface area contributed by atoms with E-state index in [9.17, 15) is 12.8 Å². The van der Waals surface area contributed by atoms with Crippen molar-refractivity contribution in [1.29, 1.82) is 0 Å². The average molecular weight is 314 g/mol. The first-order valence-electron chi connectivity index (χ1n) is 7.34. The van der Waals surface area contributed by atoms with Gasteiger partial charge in [-0.2, -0.15) is 4.31 Å². The van der Waals surface area contributed by atoms with Crippen molar-refractivity contribution in [2.24, 2.45) is 0 Å². The minimum Gasteiger partial charge on any atom is -0.308 e. The van der Waals surface area contributed by atoms with E-state index in [0.717, 1.165) is 25.7 Å². The Morgan fingerprint density at radius 2 is 1.76 bits per heavy atom. The lowest BCUT2D eigenvalue weighted by Gasteiger charge is -2.29. The van der Waals surface area contributed by atoms with Crippen LogP contribution in [0.25, 0.3) is 0 Å². The Kier molecular flexibility index (Phi) is 5.35. The molecule has 1 saturated carbocycles. The molecule has 118 valence electrons. The van der Waals surface area contributed by atoms with Crippen molar-refractivity contribution in [3.63, 3.8) is 0 Å². The van der Waals surface area contributed by atoms with Gasteiger partial charge >= 0.3 is 0 Å². The Morgan fingerprint density at radius 1 is 1.14 bits per heavy atom. The molecule has 21 heavy (non-hydrogen) atoms. The summed E-state index contributed by atoms with van der Waals surface area (Å²) in [6, 6.07) is 5.62. The second-order valence-corrected chi connectivity index (χ2v) is 7.65. The molecule has 1 aliphatic rings. The van der Waals surface area contributed by atoms with Gasteiger partial charge < -0.3 is 4.90 Å². The fourth-order valence-corrected chi connectivity index (χ4v) is 4.51. The van der Waals surface area contributed by atoms with E-state index >= 15 is 0 Å². The van der Waals surface area contributed by atoms with E-state index in [2.05, 4.69) is 0 Å².